The van der Waals surface area contributed by atoms with Gasteiger partial charge in [0.25, 0.3) is 0 Å². The standard InChI is InChI=1S/C13H28N2S/c1-11(2)5-6-13(4,10-14)15-7-8-16-12(3)9-15/h11-12H,5-10,14H2,1-4H3. The summed E-state index contributed by atoms with van der Waals surface area (Å²) in [6.45, 7) is 12.5. The summed E-state index contributed by atoms with van der Waals surface area (Å²) in [6, 6.07) is 0. The van der Waals surface area contributed by atoms with E-state index in [0.717, 1.165) is 17.7 Å². The molecule has 16 heavy (non-hydrogen) atoms. The first-order valence-electron chi connectivity index (χ1n) is 6.54. The lowest BCUT2D eigenvalue weighted by Crippen LogP contribution is -2.55. The predicted octanol–water partition coefficient (Wildman–Crippen LogP) is 2.58. The topological polar surface area (TPSA) is 29.3 Å². The van der Waals surface area contributed by atoms with E-state index >= 15 is 0 Å². The molecule has 1 rings (SSSR count). The molecule has 3 heteroatoms. The summed E-state index contributed by atoms with van der Waals surface area (Å²) in [5.74, 6) is 2.04. The van der Waals surface area contributed by atoms with Crippen LogP contribution in [0.15, 0.2) is 0 Å². The number of hydrogen-bond acceptors (Lipinski definition) is 3. The maximum Gasteiger partial charge on any atom is 0.0304 e. The summed E-state index contributed by atoms with van der Waals surface area (Å²) >= 11 is 2.09. The van der Waals surface area contributed by atoms with Gasteiger partial charge in [0.15, 0.2) is 0 Å². The van der Waals surface area contributed by atoms with Crippen molar-refractivity contribution in [3.8, 4) is 0 Å². The Morgan fingerprint density at radius 2 is 2.19 bits per heavy atom. The molecule has 1 heterocycles. The van der Waals surface area contributed by atoms with E-state index < -0.39 is 0 Å². The molecular formula is C13H28N2S. The lowest BCUT2D eigenvalue weighted by molar-refractivity contribution is 0.101. The van der Waals surface area contributed by atoms with E-state index in [0.29, 0.717) is 0 Å². The Kier molecular flexibility index (Phi) is 5.62. The number of nitrogens with zero attached hydrogens (tertiary/aromatic N) is 1. The summed E-state index contributed by atoms with van der Waals surface area (Å²) in [7, 11) is 0. The van der Waals surface area contributed by atoms with Gasteiger partial charge in [-0.15, -0.1) is 0 Å². The molecule has 2 nitrogen and oxygen atoms in total. The summed E-state index contributed by atoms with van der Waals surface area (Å²) in [4.78, 5) is 2.62. The van der Waals surface area contributed by atoms with E-state index in [-0.39, 0.29) is 5.54 Å². The highest BCUT2D eigenvalue weighted by Crippen LogP contribution is 2.28. The highest BCUT2D eigenvalue weighted by atomic mass is 32.2. The Morgan fingerprint density at radius 3 is 2.69 bits per heavy atom. The molecule has 0 aliphatic carbocycles. The van der Waals surface area contributed by atoms with Crippen LogP contribution in [0.3, 0.4) is 0 Å². The van der Waals surface area contributed by atoms with Gasteiger partial charge in [0.05, 0.1) is 0 Å². The molecule has 0 radical (unpaired) electrons. The minimum absolute atomic E-state index is 0.222. The Balaban J connectivity index is 2.55. The van der Waals surface area contributed by atoms with Gasteiger partial charge in [0.1, 0.15) is 0 Å². The van der Waals surface area contributed by atoms with Crippen molar-refractivity contribution < 1.29 is 0 Å². The van der Waals surface area contributed by atoms with Gasteiger partial charge in [0.2, 0.25) is 0 Å². The van der Waals surface area contributed by atoms with Crippen molar-refractivity contribution in [3.05, 3.63) is 0 Å². The molecule has 1 aliphatic heterocycles. The Hall–Kier alpha value is 0.270. The van der Waals surface area contributed by atoms with E-state index in [2.05, 4.69) is 44.4 Å². The smallest absolute Gasteiger partial charge is 0.0304 e. The number of nitrogens with two attached hydrogens (primary N) is 1. The second-order valence-corrected chi connectivity index (χ2v) is 7.31. The van der Waals surface area contributed by atoms with Crippen molar-refractivity contribution in [3.63, 3.8) is 0 Å². The van der Waals surface area contributed by atoms with Gasteiger partial charge >= 0.3 is 0 Å². The normalized spacial score (nSPS) is 27.0. The summed E-state index contributed by atoms with van der Waals surface area (Å²) in [6.07, 6.45) is 2.52. The Morgan fingerprint density at radius 1 is 1.50 bits per heavy atom. The van der Waals surface area contributed by atoms with Gasteiger partial charge in [-0.25, -0.2) is 0 Å². The molecular weight excluding hydrogens is 216 g/mol. The third-order valence-electron chi connectivity index (χ3n) is 3.70. The zero-order valence-corrected chi connectivity index (χ0v) is 12.1. The van der Waals surface area contributed by atoms with Crippen LogP contribution in [0.5, 0.6) is 0 Å². The van der Waals surface area contributed by atoms with Crippen LogP contribution in [0.1, 0.15) is 40.5 Å². The number of hydrogen-bond donors (Lipinski definition) is 1. The van der Waals surface area contributed by atoms with Crippen LogP contribution in [0.2, 0.25) is 0 Å². The molecule has 0 aromatic heterocycles. The highest BCUT2D eigenvalue weighted by molar-refractivity contribution is 7.99. The van der Waals surface area contributed by atoms with Crippen LogP contribution in [-0.4, -0.2) is 41.1 Å². The van der Waals surface area contributed by atoms with Gasteiger partial charge in [-0.2, -0.15) is 11.8 Å². The molecule has 0 saturated carbocycles. The minimum atomic E-state index is 0.222. The molecule has 1 fully saturated rings. The third-order valence-corrected chi connectivity index (χ3v) is 4.84. The molecule has 2 unspecified atom stereocenters. The van der Waals surface area contributed by atoms with E-state index in [4.69, 9.17) is 5.73 Å². The first kappa shape index (κ1) is 14.3. The molecule has 1 aliphatic rings. The largest absolute Gasteiger partial charge is 0.329 e. The maximum atomic E-state index is 6.02. The summed E-state index contributed by atoms with van der Waals surface area (Å²) in [5, 5.41) is 0.763. The molecule has 2 N–H and O–H groups in total. The summed E-state index contributed by atoms with van der Waals surface area (Å²) < 4.78 is 0. The first-order chi connectivity index (χ1) is 7.48. The molecule has 1 saturated heterocycles. The maximum absolute atomic E-state index is 6.02. The van der Waals surface area contributed by atoms with Gasteiger partial charge in [-0.1, -0.05) is 20.8 Å². The number of rotatable bonds is 5. The first-order valence-corrected chi connectivity index (χ1v) is 7.59. The Labute approximate surface area is 105 Å². The zero-order valence-electron chi connectivity index (χ0n) is 11.3. The lowest BCUT2D eigenvalue weighted by atomic mass is 9.90. The van der Waals surface area contributed by atoms with Gasteiger partial charge < -0.3 is 5.73 Å². The molecule has 0 amide bonds. The fourth-order valence-corrected chi connectivity index (χ4v) is 3.31. The van der Waals surface area contributed by atoms with Crippen molar-refractivity contribution in [1.29, 1.82) is 0 Å². The predicted molar refractivity (Wildman–Crippen MR) is 75.0 cm³/mol. The van der Waals surface area contributed by atoms with Crippen LogP contribution in [0.25, 0.3) is 0 Å². The van der Waals surface area contributed by atoms with Crippen molar-refractivity contribution in [2.24, 2.45) is 11.7 Å². The fourth-order valence-electron chi connectivity index (χ4n) is 2.30. The second kappa shape index (κ2) is 6.27. The highest BCUT2D eigenvalue weighted by Gasteiger charge is 2.32. The fraction of sp³-hybridized carbons (Fsp3) is 1.00. The van der Waals surface area contributed by atoms with Crippen LogP contribution in [0.4, 0.5) is 0 Å². The monoisotopic (exact) mass is 244 g/mol. The third kappa shape index (κ3) is 3.94. The van der Waals surface area contributed by atoms with Gasteiger partial charge in [-0.3, -0.25) is 4.90 Å². The molecule has 96 valence electrons. The van der Waals surface area contributed by atoms with Gasteiger partial charge in [-0.05, 0) is 25.7 Å². The van der Waals surface area contributed by atoms with Crippen molar-refractivity contribution in [2.75, 3.05) is 25.4 Å². The van der Waals surface area contributed by atoms with E-state index in [1.54, 1.807) is 0 Å². The molecule has 0 aromatic rings. The molecule has 0 bridgehead atoms. The van der Waals surface area contributed by atoms with Crippen LogP contribution in [-0.2, 0) is 0 Å². The average Bonchev–Trinajstić information content (AvgIpc) is 2.26. The molecule has 0 spiro atoms. The van der Waals surface area contributed by atoms with Crippen molar-refractivity contribution >= 4 is 11.8 Å². The minimum Gasteiger partial charge on any atom is -0.329 e. The van der Waals surface area contributed by atoms with Crippen LogP contribution < -0.4 is 5.73 Å². The van der Waals surface area contributed by atoms with E-state index in [9.17, 15) is 0 Å². The van der Waals surface area contributed by atoms with Crippen molar-refractivity contribution in [2.45, 2.75) is 51.3 Å². The second-order valence-electron chi connectivity index (χ2n) is 5.76. The van der Waals surface area contributed by atoms with Crippen LogP contribution in [0, 0.1) is 5.92 Å². The van der Waals surface area contributed by atoms with Crippen LogP contribution >= 0.6 is 11.8 Å². The van der Waals surface area contributed by atoms with Gasteiger partial charge in [0, 0.05) is 36.2 Å². The molecule has 0 aromatic carbocycles. The lowest BCUT2D eigenvalue weighted by Gasteiger charge is -2.45. The SMILES string of the molecule is CC(C)CCC(C)(CN)N1CCSC(C)C1. The van der Waals surface area contributed by atoms with E-state index in [1.165, 1.54) is 31.7 Å². The number of thioether (sulfide) groups is 1. The molecule has 2 atom stereocenters. The zero-order chi connectivity index (χ0) is 12.2. The Bertz CT molecular complexity index is 208. The quantitative estimate of drug-likeness (QED) is 0.806. The van der Waals surface area contributed by atoms with E-state index in [1.807, 2.05) is 0 Å². The van der Waals surface area contributed by atoms with Crippen molar-refractivity contribution in [1.82, 2.24) is 4.90 Å². The summed E-state index contributed by atoms with van der Waals surface area (Å²) in [5.41, 5.74) is 6.24. The average molecular weight is 244 g/mol.